The zero-order valence-corrected chi connectivity index (χ0v) is 13.6. The monoisotopic (exact) mass is 309 g/mol. The van der Waals surface area contributed by atoms with Crippen LogP contribution in [-0.2, 0) is 0 Å². The van der Waals surface area contributed by atoms with Crippen molar-refractivity contribution in [3.63, 3.8) is 0 Å². The lowest BCUT2D eigenvalue weighted by Gasteiger charge is -2.25. The molecule has 1 amide bonds. The number of carbonyl (C=O) groups is 1. The van der Waals surface area contributed by atoms with Gasteiger partial charge in [-0.3, -0.25) is 4.79 Å². The zero-order valence-electron chi connectivity index (χ0n) is 12.8. The van der Waals surface area contributed by atoms with Gasteiger partial charge in [-0.2, -0.15) is 0 Å². The number of thiocarbonyl (C=S) groups is 1. The third-order valence-electron chi connectivity index (χ3n) is 2.76. The second kappa shape index (κ2) is 8.51. The van der Waals surface area contributed by atoms with Gasteiger partial charge in [-0.15, -0.1) is 10.2 Å². The van der Waals surface area contributed by atoms with Gasteiger partial charge in [0.2, 0.25) is 0 Å². The van der Waals surface area contributed by atoms with E-state index in [0.717, 1.165) is 12.4 Å². The number of rotatable bonds is 8. The molecule has 0 aliphatic heterocycles. The maximum atomic E-state index is 11.7. The van der Waals surface area contributed by atoms with E-state index in [-0.39, 0.29) is 5.91 Å². The predicted molar refractivity (Wildman–Crippen MR) is 88.5 cm³/mol. The number of nitrogens with zero attached hydrogens (tertiary/aromatic N) is 3. The Morgan fingerprint density at radius 2 is 2.14 bits per heavy atom. The maximum absolute atomic E-state index is 11.7. The average molecular weight is 309 g/mol. The topological polar surface area (TPSA) is 84.1 Å². The molecule has 116 valence electrons. The van der Waals surface area contributed by atoms with Crippen molar-refractivity contribution >= 4 is 28.9 Å². The van der Waals surface area contributed by atoms with E-state index in [1.54, 1.807) is 12.1 Å². The first kappa shape index (κ1) is 17.3. The summed E-state index contributed by atoms with van der Waals surface area (Å²) in [5, 5.41) is 10.8. The Hall–Kier alpha value is -1.76. The average Bonchev–Trinajstić information content (AvgIpc) is 2.43. The van der Waals surface area contributed by atoms with E-state index in [0.29, 0.717) is 36.1 Å². The van der Waals surface area contributed by atoms with Gasteiger partial charge in [0.25, 0.3) is 5.91 Å². The van der Waals surface area contributed by atoms with E-state index in [1.807, 2.05) is 6.92 Å². The van der Waals surface area contributed by atoms with Gasteiger partial charge in [0.1, 0.15) is 0 Å². The van der Waals surface area contributed by atoms with Crippen LogP contribution < -0.4 is 16.0 Å². The largest absolute Gasteiger partial charge is 0.393 e. The summed E-state index contributed by atoms with van der Waals surface area (Å²) in [6, 6.07) is 3.49. The van der Waals surface area contributed by atoms with Gasteiger partial charge in [-0.1, -0.05) is 26.1 Å². The molecule has 0 saturated heterocycles. The number of nitrogens with one attached hydrogen (secondary N) is 1. The third kappa shape index (κ3) is 6.03. The number of nitrogens with two attached hydrogens (primary N) is 1. The van der Waals surface area contributed by atoms with E-state index in [1.165, 1.54) is 0 Å². The smallest absolute Gasteiger partial charge is 0.271 e. The van der Waals surface area contributed by atoms with Gasteiger partial charge in [0.15, 0.2) is 11.5 Å². The van der Waals surface area contributed by atoms with Crippen LogP contribution in [0, 0.1) is 5.92 Å². The maximum Gasteiger partial charge on any atom is 0.271 e. The Bertz CT molecular complexity index is 475. The zero-order chi connectivity index (χ0) is 15.8. The Kier molecular flexibility index (Phi) is 7.01. The minimum absolute atomic E-state index is 0.213. The molecule has 1 rings (SSSR count). The second-order valence-corrected chi connectivity index (χ2v) is 5.72. The molecule has 0 aliphatic rings. The highest BCUT2D eigenvalue weighted by atomic mass is 32.1. The number of hydrogen-bond acceptors (Lipinski definition) is 5. The quantitative estimate of drug-likeness (QED) is 0.706. The van der Waals surface area contributed by atoms with Crippen molar-refractivity contribution in [1.29, 1.82) is 0 Å². The first-order valence-electron chi connectivity index (χ1n) is 7.09. The van der Waals surface area contributed by atoms with Gasteiger partial charge in [-0.25, -0.2) is 0 Å². The van der Waals surface area contributed by atoms with Crippen molar-refractivity contribution in [2.24, 2.45) is 11.7 Å². The minimum atomic E-state index is -0.213. The number of carbonyl (C=O) groups excluding carboxylic acids is 1. The highest BCUT2D eigenvalue weighted by Crippen LogP contribution is 2.12. The summed E-state index contributed by atoms with van der Waals surface area (Å²) in [6.45, 7) is 8.21. The molecule has 7 heteroatoms. The van der Waals surface area contributed by atoms with E-state index in [9.17, 15) is 4.79 Å². The summed E-state index contributed by atoms with van der Waals surface area (Å²) < 4.78 is 0. The number of anilines is 1. The highest BCUT2D eigenvalue weighted by molar-refractivity contribution is 7.80. The van der Waals surface area contributed by atoms with Crippen LogP contribution in [0.2, 0.25) is 0 Å². The van der Waals surface area contributed by atoms with Crippen molar-refractivity contribution in [3.8, 4) is 0 Å². The Labute approximate surface area is 131 Å². The van der Waals surface area contributed by atoms with Gasteiger partial charge in [0, 0.05) is 26.1 Å². The van der Waals surface area contributed by atoms with Crippen LogP contribution in [0.1, 0.15) is 37.7 Å². The molecule has 3 N–H and O–H groups in total. The van der Waals surface area contributed by atoms with E-state index in [4.69, 9.17) is 18.0 Å². The van der Waals surface area contributed by atoms with Gasteiger partial charge < -0.3 is 16.0 Å². The molecule has 0 fully saturated rings. The number of aromatic nitrogens is 2. The summed E-state index contributed by atoms with van der Waals surface area (Å²) in [5.41, 5.74) is 5.88. The lowest BCUT2D eigenvalue weighted by Crippen LogP contribution is -2.32. The molecule has 0 spiro atoms. The summed E-state index contributed by atoms with van der Waals surface area (Å²) in [7, 11) is 0. The molecule has 1 aromatic rings. The molecule has 0 saturated carbocycles. The molecule has 0 radical (unpaired) electrons. The molecular weight excluding hydrogens is 286 g/mol. The molecular formula is C14H23N5OS. The number of amides is 1. The minimum Gasteiger partial charge on any atom is -0.393 e. The summed E-state index contributed by atoms with van der Waals surface area (Å²) in [5.74, 6) is 0.990. The fraction of sp³-hybridized carbons (Fsp3) is 0.571. The van der Waals surface area contributed by atoms with Crippen LogP contribution in [-0.4, -0.2) is 40.7 Å². The lowest BCUT2D eigenvalue weighted by atomic mass is 10.2. The predicted octanol–water partition coefficient (Wildman–Crippen LogP) is 1.36. The van der Waals surface area contributed by atoms with Crippen LogP contribution in [0.4, 0.5) is 5.82 Å². The fourth-order valence-electron chi connectivity index (χ4n) is 1.85. The molecule has 1 aromatic heterocycles. The van der Waals surface area contributed by atoms with Gasteiger partial charge in [-0.05, 0) is 25.0 Å². The first-order valence-corrected chi connectivity index (χ1v) is 7.50. The van der Waals surface area contributed by atoms with Crippen molar-refractivity contribution in [2.75, 3.05) is 24.5 Å². The third-order valence-corrected chi connectivity index (χ3v) is 2.96. The summed E-state index contributed by atoms with van der Waals surface area (Å²) in [6.07, 6.45) is 0.627. The van der Waals surface area contributed by atoms with Crippen molar-refractivity contribution in [2.45, 2.75) is 27.2 Å². The van der Waals surface area contributed by atoms with Crippen molar-refractivity contribution in [3.05, 3.63) is 17.8 Å². The Balaban J connectivity index is 2.82. The van der Waals surface area contributed by atoms with Crippen LogP contribution in [0.25, 0.3) is 0 Å². The Morgan fingerprint density at radius 3 is 2.62 bits per heavy atom. The lowest BCUT2D eigenvalue weighted by molar-refractivity contribution is 0.0950. The number of hydrogen-bond donors (Lipinski definition) is 2. The van der Waals surface area contributed by atoms with Crippen LogP contribution in [0.3, 0.4) is 0 Å². The van der Waals surface area contributed by atoms with E-state index in [2.05, 4.69) is 34.3 Å². The molecule has 6 nitrogen and oxygen atoms in total. The molecule has 1 heterocycles. The second-order valence-electron chi connectivity index (χ2n) is 5.19. The van der Waals surface area contributed by atoms with Crippen LogP contribution >= 0.6 is 12.2 Å². The molecule has 0 atom stereocenters. The first-order chi connectivity index (χ1) is 9.93. The Morgan fingerprint density at radius 1 is 1.43 bits per heavy atom. The SMILES string of the molecule is CCNC(=O)c1ccc(N(CCC(N)=S)CC(C)C)nn1. The van der Waals surface area contributed by atoms with Gasteiger partial charge in [0.05, 0.1) is 4.99 Å². The molecule has 21 heavy (non-hydrogen) atoms. The highest BCUT2D eigenvalue weighted by Gasteiger charge is 2.13. The van der Waals surface area contributed by atoms with Crippen LogP contribution in [0.15, 0.2) is 12.1 Å². The van der Waals surface area contributed by atoms with Gasteiger partial charge >= 0.3 is 0 Å². The van der Waals surface area contributed by atoms with E-state index < -0.39 is 0 Å². The summed E-state index contributed by atoms with van der Waals surface area (Å²) in [4.78, 5) is 14.2. The molecule has 0 aromatic carbocycles. The van der Waals surface area contributed by atoms with E-state index >= 15 is 0 Å². The van der Waals surface area contributed by atoms with Crippen molar-refractivity contribution in [1.82, 2.24) is 15.5 Å². The standard InChI is InChI=1S/C14H23N5OS/c1-4-16-14(20)11-5-6-13(18-17-11)19(9-10(2)3)8-7-12(15)21/h5-6,10H,4,7-9H2,1-3H3,(H2,15,21)(H,16,20). The molecule has 0 aliphatic carbocycles. The summed E-state index contributed by atoms with van der Waals surface area (Å²) >= 11 is 4.92. The normalized spacial score (nSPS) is 10.5. The molecule has 0 unspecified atom stereocenters. The molecule has 0 bridgehead atoms. The van der Waals surface area contributed by atoms with Crippen molar-refractivity contribution < 1.29 is 4.79 Å². The fourth-order valence-corrected chi connectivity index (χ4v) is 1.94. The van der Waals surface area contributed by atoms with Crippen LogP contribution in [0.5, 0.6) is 0 Å².